The Hall–Kier alpha value is -2.39. The molecule has 1 aromatic heterocycles. The lowest BCUT2D eigenvalue weighted by molar-refractivity contribution is 0.103. The highest BCUT2D eigenvalue weighted by molar-refractivity contribution is 7.91. The monoisotopic (exact) mass is 385 g/mol. The molecule has 0 aliphatic heterocycles. The van der Waals surface area contributed by atoms with E-state index in [1.54, 1.807) is 6.07 Å². The van der Waals surface area contributed by atoms with Crippen molar-refractivity contribution < 1.29 is 26.4 Å². The van der Waals surface area contributed by atoms with Crippen LogP contribution in [0, 0.1) is 5.82 Å². The Morgan fingerprint density at radius 1 is 1.08 bits per heavy atom. The smallest absolute Gasteiger partial charge is 0.320 e. The quantitative estimate of drug-likeness (QED) is 0.729. The number of sulfone groups is 1. The van der Waals surface area contributed by atoms with E-state index in [4.69, 9.17) is 0 Å². The third-order valence-electron chi connectivity index (χ3n) is 3.41. The van der Waals surface area contributed by atoms with Crippen molar-refractivity contribution in [1.29, 1.82) is 0 Å². The molecule has 1 N–H and O–H groups in total. The number of alkyl halides is 2. The summed E-state index contributed by atoms with van der Waals surface area (Å²) in [5.74, 6) is -4.81. The normalized spacial score (nSPS) is 11.8. The van der Waals surface area contributed by atoms with Gasteiger partial charge in [0.25, 0.3) is 5.91 Å². The van der Waals surface area contributed by atoms with Crippen LogP contribution in [0.2, 0.25) is 0 Å². The topological polar surface area (TPSA) is 63.2 Å². The van der Waals surface area contributed by atoms with Crippen LogP contribution in [0.4, 0.5) is 18.9 Å². The third kappa shape index (κ3) is 3.24. The van der Waals surface area contributed by atoms with Crippen LogP contribution in [0.15, 0.2) is 53.4 Å². The Morgan fingerprint density at radius 2 is 1.80 bits per heavy atom. The summed E-state index contributed by atoms with van der Waals surface area (Å²) >= 11 is 1.01. The summed E-state index contributed by atoms with van der Waals surface area (Å²) in [7, 11) is -4.87. The summed E-state index contributed by atoms with van der Waals surface area (Å²) in [6, 6.07) is 10.6. The number of nitrogens with one attached hydrogen (secondary N) is 1. The van der Waals surface area contributed by atoms with Crippen LogP contribution < -0.4 is 5.32 Å². The number of hydrogen-bond acceptors (Lipinski definition) is 4. The maximum atomic E-state index is 13.7. The molecule has 0 unspecified atom stereocenters. The molecule has 130 valence electrons. The number of thiophene rings is 1. The highest BCUT2D eigenvalue weighted by atomic mass is 32.2. The lowest BCUT2D eigenvalue weighted by Crippen LogP contribution is -2.17. The number of amides is 1. The lowest BCUT2D eigenvalue weighted by atomic mass is 10.2. The molecule has 0 spiro atoms. The number of anilines is 1. The minimum atomic E-state index is -4.87. The van der Waals surface area contributed by atoms with Crippen LogP contribution in [0.25, 0.3) is 10.1 Å². The van der Waals surface area contributed by atoms with Crippen LogP contribution in [0.3, 0.4) is 0 Å². The Labute approximate surface area is 144 Å². The van der Waals surface area contributed by atoms with Crippen LogP contribution in [-0.2, 0) is 9.84 Å². The standard InChI is InChI=1S/C16H10F3NO3S2/c17-10-4-3-6-12-9(10)8-13(24-12)15(21)20-11-5-1-2-7-14(11)25(22,23)16(18)19/h1-8,16H,(H,20,21). The number of fused-ring (bicyclic) bond motifs is 1. The van der Waals surface area contributed by atoms with Gasteiger partial charge in [0.05, 0.1) is 15.5 Å². The van der Waals surface area contributed by atoms with E-state index in [-0.39, 0.29) is 16.0 Å². The first-order valence-electron chi connectivity index (χ1n) is 6.91. The fourth-order valence-corrected chi connectivity index (χ4v) is 4.09. The van der Waals surface area contributed by atoms with Gasteiger partial charge in [0.15, 0.2) is 0 Å². The number of benzene rings is 2. The number of rotatable bonds is 4. The molecule has 0 atom stereocenters. The molecule has 0 bridgehead atoms. The number of carbonyl (C=O) groups excluding carboxylic acids is 1. The fourth-order valence-electron chi connectivity index (χ4n) is 2.24. The summed E-state index contributed by atoms with van der Waals surface area (Å²) in [6.45, 7) is 0. The largest absolute Gasteiger partial charge is 0.341 e. The lowest BCUT2D eigenvalue weighted by Gasteiger charge is -2.10. The molecule has 4 nitrogen and oxygen atoms in total. The Kier molecular flexibility index (Phi) is 4.53. The highest BCUT2D eigenvalue weighted by Crippen LogP contribution is 2.30. The predicted octanol–water partition coefficient (Wildman–Crippen LogP) is 4.29. The summed E-state index contributed by atoms with van der Waals surface area (Å²) in [6.07, 6.45) is 0. The average Bonchev–Trinajstić information content (AvgIpc) is 3.01. The van der Waals surface area contributed by atoms with Crippen molar-refractivity contribution in [3.63, 3.8) is 0 Å². The van der Waals surface area contributed by atoms with Crippen molar-refractivity contribution in [3.8, 4) is 0 Å². The van der Waals surface area contributed by atoms with E-state index in [1.807, 2.05) is 0 Å². The zero-order chi connectivity index (χ0) is 18.2. The van der Waals surface area contributed by atoms with Crippen molar-refractivity contribution in [2.75, 3.05) is 5.32 Å². The van der Waals surface area contributed by atoms with E-state index >= 15 is 0 Å². The molecule has 3 aromatic rings. The average molecular weight is 385 g/mol. The zero-order valence-corrected chi connectivity index (χ0v) is 14.0. The number of halogens is 3. The van der Waals surface area contributed by atoms with E-state index in [0.29, 0.717) is 4.70 Å². The first-order chi connectivity index (χ1) is 11.8. The van der Waals surface area contributed by atoms with Gasteiger partial charge in [-0.05, 0) is 30.3 Å². The molecule has 2 aromatic carbocycles. The second-order valence-electron chi connectivity index (χ2n) is 5.02. The number of para-hydroxylation sites is 1. The summed E-state index contributed by atoms with van der Waals surface area (Å²) in [5.41, 5.74) is -0.259. The molecule has 9 heteroatoms. The first kappa shape index (κ1) is 17.4. The van der Waals surface area contributed by atoms with Gasteiger partial charge in [-0.3, -0.25) is 4.79 Å². The van der Waals surface area contributed by atoms with Gasteiger partial charge in [-0.25, -0.2) is 12.8 Å². The van der Waals surface area contributed by atoms with E-state index in [0.717, 1.165) is 17.4 Å². The van der Waals surface area contributed by atoms with Crippen molar-refractivity contribution >= 4 is 42.9 Å². The first-order valence-corrected chi connectivity index (χ1v) is 9.27. The van der Waals surface area contributed by atoms with Gasteiger partial charge in [0.2, 0.25) is 9.84 Å². The van der Waals surface area contributed by atoms with Crippen LogP contribution in [0.5, 0.6) is 0 Å². The number of hydrogen-bond donors (Lipinski definition) is 1. The van der Waals surface area contributed by atoms with E-state index in [2.05, 4.69) is 5.32 Å². The predicted molar refractivity (Wildman–Crippen MR) is 89.4 cm³/mol. The molecule has 0 fully saturated rings. The van der Waals surface area contributed by atoms with Crippen LogP contribution >= 0.6 is 11.3 Å². The summed E-state index contributed by atoms with van der Waals surface area (Å²) < 4.78 is 63.2. The van der Waals surface area contributed by atoms with Crippen LogP contribution in [-0.4, -0.2) is 20.1 Å². The maximum Gasteiger partial charge on any atom is 0.341 e. The van der Waals surface area contributed by atoms with Gasteiger partial charge in [0.1, 0.15) is 5.82 Å². The van der Waals surface area contributed by atoms with Crippen LogP contribution in [0.1, 0.15) is 9.67 Å². The molecular weight excluding hydrogens is 375 g/mol. The Bertz CT molecular complexity index is 1060. The van der Waals surface area contributed by atoms with Crippen molar-refractivity contribution in [3.05, 3.63) is 59.2 Å². The van der Waals surface area contributed by atoms with Gasteiger partial charge < -0.3 is 5.32 Å². The summed E-state index contributed by atoms with van der Waals surface area (Å²) in [4.78, 5) is 11.8. The van der Waals surface area contributed by atoms with Gasteiger partial charge >= 0.3 is 5.76 Å². The van der Waals surface area contributed by atoms with Gasteiger partial charge in [-0.15, -0.1) is 11.3 Å². The Morgan fingerprint density at radius 3 is 2.48 bits per heavy atom. The maximum absolute atomic E-state index is 13.7. The molecule has 0 saturated carbocycles. The molecule has 3 rings (SSSR count). The van der Waals surface area contributed by atoms with Gasteiger partial charge in [0, 0.05) is 10.1 Å². The van der Waals surface area contributed by atoms with E-state index < -0.39 is 32.2 Å². The SMILES string of the molecule is O=C(Nc1ccccc1S(=O)(=O)C(F)F)c1cc2c(F)cccc2s1. The van der Waals surface area contributed by atoms with Crippen molar-refractivity contribution in [2.24, 2.45) is 0 Å². The minimum Gasteiger partial charge on any atom is -0.320 e. The van der Waals surface area contributed by atoms with Gasteiger partial charge in [-0.2, -0.15) is 8.78 Å². The minimum absolute atomic E-state index is 0.129. The third-order valence-corrected chi connectivity index (χ3v) is 5.95. The Balaban J connectivity index is 1.97. The van der Waals surface area contributed by atoms with Gasteiger partial charge in [-0.1, -0.05) is 18.2 Å². The molecule has 25 heavy (non-hydrogen) atoms. The molecule has 0 radical (unpaired) electrons. The molecule has 0 aliphatic carbocycles. The highest BCUT2D eigenvalue weighted by Gasteiger charge is 2.29. The number of carbonyl (C=O) groups is 1. The molecular formula is C16H10F3NO3S2. The zero-order valence-electron chi connectivity index (χ0n) is 12.4. The second-order valence-corrected chi connectivity index (χ2v) is 7.99. The molecule has 0 saturated heterocycles. The summed E-state index contributed by atoms with van der Waals surface area (Å²) in [5, 5.41) is 2.56. The van der Waals surface area contributed by atoms with Crippen molar-refractivity contribution in [2.45, 2.75) is 10.7 Å². The molecule has 1 heterocycles. The van der Waals surface area contributed by atoms with Crippen molar-refractivity contribution in [1.82, 2.24) is 0 Å². The van der Waals surface area contributed by atoms with E-state index in [1.165, 1.54) is 36.4 Å². The fraction of sp³-hybridized carbons (Fsp3) is 0.0625. The van der Waals surface area contributed by atoms with E-state index in [9.17, 15) is 26.4 Å². The second kappa shape index (κ2) is 6.49. The molecule has 0 aliphatic rings. The molecule has 1 amide bonds.